The third-order valence-corrected chi connectivity index (χ3v) is 4.19. The summed E-state index contributed by atoms with van der Waals surface area (Å²) in [6, 6.07) is 4.64. The molecule has 0 spiro atoms. The summed E-state index contributed by atoms with van der Waals surface area (Å²) in [5.41, 5.74) is 10.1. The first kappa shape index (κ1) is 12.0. The zero-order chi connectivity index (χ0) is 10.7. The Morgan fingerprint density at radius 2 is 1.79 bits per heavy atom. The number of benzene rings is 1. The normalized spacial score (nSPS) is 12.9. The number of hydrogen-bond donors (Lipinski definition) is 1. The maximum atomic E-state index is 6.09. The molecule has 1 aromatic rings. The second-order valence-electron chi connectivity index (χ2n) is 3.86. The van der Waals surface area contributed by atoms with Crippen molar-refractivity contribution in [2.75, 3.05) is 0 Å². The zero-order valence-electron chi connectivity index (χ0n) is 9.10. The Morgan fingerprint density at radius 1 is 1.29 bits per heavy atom. The molecule has 1 atom stereocenters. The Labute approximate surface area is 100 Å². The summed E-state index contributed by atoms with van der Waals surface area (Å²) in [5.74, 6) is 0. The molecule has 0 unspecified atom stereocenters. The highest BCUT2D eigenvalue weighted by Gasteiger charge is 2.08. The van der Waals surface area contributed by atoms with Crippen LogP contribution in [-0.2, 0) is 0 Å². The lowest BCUT2D eigenvalue weighted by atomic mass is 9.99. The summed E-state index contributed by atoms with van der Waals surface area (Å²) in [6.45, 7) is 6.47. The predicted molar refractivity (Wildman–Crippen MR) is 70.5 cm³/mol. The molecule has 0 aliphatic rings. The molecule has 0 radical (unpaired) electrons. The fraction of sp³-hybridized carbons (Fsp3) is 0.500. The molecule has 0 heterocycles. The summed E-state index contributed by atoms with van der Waals surface area (Å²) >= 11 is 2.39. The SMILES string of the molecule is CCC[C@H](N)c1cc(C)c(I)c(C)c1. The first-order valence-corrected chi connectivity index (χ1v) is 6.16. The van der Waals surface area contributed by atoms with Gasteiger partial charge >= 0.3 is 0 Å². The molecule has 2 heteroatoms. The number of hydrogen-bond acceptors (Lipinski definition) is 1. The molecule has 0 fully saturated rings. The van der Waals surface area contributed by atoms with Gasteiger partial charge in [-0.05, 0) is 59.5 Å². The van der Waals surface area contributed by atoms with Gasteiger partial charge in [0.15, 0.2) is 0 Å². The topological polar surface area (TPSA) is 26.0 Å². The predicted octanol–water partition coefficient (Wildman–Crippen LogP) is 3.71. The minimum Gasteiger partial charge on any atom is -0.324 e. The van der Waals surface area contributed by atoms with Crippen LogP contribution < -0.4 is 5.73 Å². The summed E-state index contributed by atoms with van der Waals surface area (Å²) in [6.07, 6.45) is 2.21. The molecule has 14 heavy (non-hydrogen) atoms. The molecule has 0 amide bonds. The van der Waals surface area contributed by atoms with Crippen molar-refractivity contribution in [1.29, 1.82) is 0 Å². The van der Waals surface area contributed by atoms with Crippen LogP contribution >= 0.6 is 22.6 Å². The first-order valence-electron chi connectivity index (χ1n) is 5.08. The smallest absolute Gasteiger partial charge is 0.0294 e. The zero-order valence-corrected chi connectivity index (χ0v) is 11.3. The average molecular weight is 303 g/mol. The van der Waals surface area contributed by atoms with Gasteiger partial charge in [0.1, 0.15) is 0 Å². The third kappa shape index (κ3) is 2.70. The summed E-state index contributed by atoms with van der Waals surface area (Å²) in [4.78, 5) is 0. The molecule has 0 saturated heterocycles. The van der Waals surface area contributed by atoms with Crippen LogP contribution in [0.4, 0.5) is 0 Å². The second-order valence-corrected chi connectivity index (χ2v) is 4.94. The Bertz CT molecular complexity index is 297. The number of halogens is 1. The molecule has 1 nitrogen and oxygen atoms in total. The Kier molecular flexibility index (Phi) is 4.38. The van der Waals surface area contributed by atoms with Crippen molar-refractivity contribution in [3.8, 4) is 0 Å². The highest BCUT2D eigenvalue weighted by Crippen LogP contribution is 2.23. The van der Waals surface area contributed by atoms with Crippen molar-refractivity contribution in [1.82, 2.24) is 0 Å². The van der Waals surface area contributed by atoms with E-state index in [-0.39, 0.29) is 6.04 Å². The fourth-order valence-electron chi connectivity index (χ4n) is 1.67. The summed E-state index contributed by atoms with van der Waals surface area (Å²) in [7, 11) is 0. The van der Waals surface area contributed by atoms with E-state index in [1.165, 1.54) is 20.3 Å². The van der Waals surface area contributed by atoms with Gasteiger partial charge in [-0.15, -0.1) is 0 Å². The average Bonchev–Trinajstić information content (AvgIpc) is 2.13. The van der Waals surface area contributed by atoms with Crippen LogP contribution in [-0.4, -0.2) is 0 Å². The molecule has 0 aromatic heterocycles. The van der Waals surface area contributed by atoms with E-state index in [9.17, 15) is 0 Å². The first-order chi connectivity index (χ1) is 6.56. The minimum absolute atomic E-state index is 0.203. The molecule has 0 saturated carbocycles. The summed E-state index contributed by atoms with van der Waals surface area (Å²) in [5, 5.41) is 0. The maximum absolute atomic E-state index is 6.09. The van der Waals surface area contributed by atoms with Gasteiger partial charge in [0.2, 0.25) is 0 Å². The monoisotopic (exact) mass is 303 g/mol. The van der Waals surface area contributed by atoms with Crippen LogP contribution in [0, 0.1) is 17.4 Å². The molecule has 1 rings (SSSR count). The van der Waals surface area contributed by atoms with Crippen LogP contribution in [0.1, 0.15) is 42.5 Å². The van der Waals surface area contributed by atoms with E-state index in [1.54, 1.807) is 0 Å². The maximum Gasteiger partial charge on any atom is 0.0294 e. The fourth-order valence-corrected chi connectivity index (χ4v) is 1.98. The van der Waals surface area contributed by atoms with Crippen molar-refractivity contribution in [2.45, 2.75) is 39.7 Å². The van der Waals surface area contributed by atoms with Gasteiger partial charge < -0.3 is 5.73 Å². The quantitative estimate of drug-likeness (QED) is 0.846. The van der Waals surface area contributed by atoms with Crippen LogP contribution in [0.25, 0.3) is 0 Å². The van der Waals surface area contributed by atoms with E-state index in [0.717, 1.165) is 12.8 Å². The molecular weight excluding hydrogens is 285 g/mol. The van der Waals surface area contributed by atoms with Gasteiger partial charge in [-0.2, -0.15) is 0 Å². The van der Waals surface area contributed by atoms with E-state index < -0.39 is 0 Å². The van der Waals surface area contributed by atoms with Crippen LogP contribution in [0.5, 0.6) is 0 Å². The molecule has 78 valence electrons. The third-order valence-electron chi connectivity index (χ3n) is 2.49. The standard InChI is InChI=1S/C12H18IN/c1-4-5-11(14)10-6-8(2)12(13)9(3)7-10/h6-7,11H,4-5,14H2,1-3H3/t11-/m0/s1. The van der Waals surface area contributed by atoms with E-state index in [1.807, 2.05) is 0 Å². The molecule has 0 aliphatic carbocycles. The van der Waals surface area contributed by atoms with E-state index in [0.29, 0.717) is 0 Å². The van der Waals surface area contributed by atoms with Gasteiger partial charge in [0, 0.05) is 9.61 Å². The van der Waals surface area contributed by atoms with Crippen molar-refractivity contribution in [3.05, 3.63) is 32.4 Å². The lowest BCUT2D eigenvalue weighted by Gasteiger charge is -2.14. The van der Waals surface area contributed by atoms with Gasteiger partial charge in [-0.1, -0.05) is 25.5 Å². The Hall–Kier alpha value is -0.0900. The highest BCUT2D eigenvalue weighted by molar-refractivity contribution is 14.1. The van der Waals surface area contributed by atoms with Crippen LogP contribution in [0.15, 0.2) is 12.1 Å². The van der Waals surface area contributed by atoms with Crippen LogP contribution in [0.3, 0.4) is 0 Å². The van der Waals surface area contributed by atoms with E-state index >= 15 is 0 Å². The molecule has 0 bridgehead atoms. The van der Waals surface area contributed by atoms with Crippen LogP contribution in [0.2, 0.25) is 0 Å². The molecule has 0 aliphatic heterocycles. The minimum atomic E-state index is 0.203. The Morgan fingerprint density at radius 3 is 2.21 bits per heavy atom. The van der Waals surface area contributed by atoms with E-state index in [2.05, 4.69) is 55.5 Å². The van der Waals surface area contributed by atoms with E-state index in [4.69, 9.17) is 5.73 Å². The van der Waals surface area contributed by atoms with Crippen molar-refractivity contribution < 1.29 is 0 Å². The van der Waals surface area contributed by atoms with Gasteiger partial charge in [0.25, 0.3) is 0 Å². The van der Waals surface area contributed by atoms with Gasteiger partial charge in [0.05, 0.1) is 0 Å². The number of nitrogens with two attached hydrogens (primary N) is 1. The number of aryl methyl sites for hydroxylation is 2. The Balaban J connectivity index is 3.00. The largest absolute Gasteiger partial charge is 0.324 e. The lowest BCUT2D eigenvalue weighted by Crippen LogP contribution is -2.10. The van der Waals surface area contributed by atoms with Crippen molar-refractivity contribution >= 4 is 22.6 Å². The van der Waals surface area contributed by atoms with Gasteiger partial charge in [-0.25, -0.2) is 0 Å². The molecule has 2 N–H and O–H groups in total. The number of rotatable bonds is 3. The lowest BCUT2D eigenvalue weighted by molar-refractivity contribution is 0.637. The second kappa shape index (κ2) is 5.12. The molecular formula is C12H18IN. The van der Waals surface area contributed by atoms with Crippen molar-refractivity contribution in [3.63, 3.8) is 0 Å². The molecule has 1 aromatic carbocycles. The highest BCUT2D eigenvalue weighted by atomic mass is 127. The van der Waals surface area contributed by atoms with Crippen molar-refractivity contribution in [2.24, 2.45) is 5.73 Å². The summed E-state index contributed by atoms with van der Waals surface area (Å²) < 4.78 is 1.36. The van der Waals surface area contributed by atoms with Gasteiger partial charge in [-0.3, -0.25) is 0 Å².